The molecular weight excluding hydrogens is 360 g/mol. The van der Waals surface area contributed by atoms with Crippen LogP contribution in [0.15, 0.2) is 36.4 Å². The van der Waals surface area contributed by atoms with E-state index in [9.17, 15) is 9.90 Å². The first-order chi connectivity index (χ1) is 13.6. The van der Waals surface area contributed by atoms with Crippen molar-refractivity contribution in [3.8, 4) is 11.5 Å². The Morgan fingerprint density at radius 3 is 2.71 bits per heavy atom. The predicted octanol–water partition coefficient (Wildman–Crippen LogP) is 1.91. The van der Waals surface area contributed by atoms with Gasteiger partial charge in [0.2, 0.25) is 0 Å². The van der Waals surface area contributed by atoms with Crippen LogP contribution in [0, 0.1) is 0 Å². The van der Waals surface area contributed by atoms with Gasteiger partial charge in [0.25, 0.3) is 0 Å². The topological polar surface area (TPSA) is 83.1 Å². The minimum absolute atomic E-state index is 0.169. The number of carbonyl (C=O) groups is 1. The minimum atomic E-state index is -1.19. The van der Waals surface area contributed by atoms with Gasteiger partial charge in [-0.1, -0.05) is 12.1 Å². The van der Waals surface area contributed by atoms with Crippen LogP contribution in [-0.2, 0) is 11.3 Å². The van der Waals surface area contributed by atoms with Gasteiger partial charge in [-0.05, 0) is 31.2 Å². The maximum Gasteiger partial charge on any atom is 0.166 e. The van der Waals surface area contributed by atoms with Crippen molar-refractivity contribution in [1.29, 1.82) is 0 Å². The quantitative estimate of drug-likeness (QED) is 0.743. The van der Waals surface area contributed by atoms with Gasteiger partial charge in [0.15, 0.2) is 11.5 Å². The summed E-state index contributed by atoms with van der Waals surface area (Å²) < 4.78 is 16.4. The maximum absolute atomic E-state index is 11.7. The number of morpholine rings is 1. The average Bonchev–Trinajstić information content (AvgIpc) is 2.73. The number of benzene rings is 2. The van der Waals surface area contributed by atoms with Crippen LogP contribution in [0.2, 0.25) is 0 Å². The molecule has 0 amide bonds. The fourth-order valence-electron chi connectivity index (χ4n) is 3.26. The summed E-state index contributed by atoms with van der Waals surface area (Å²) in [6.45, 7) is 5.40. The summed E-state index contributed by atoms with van der Waals surface area (Å²) in [5, 5.41) is 14.9. The van der Waals surface area contributed by atoms with E-state index in [0.717, 1.165) is 5.56 Å². The first-order valence-electron chi connectivity index (χ1n) is 9.34. The molecule has 1 N–H and O–H groups in total. The van der Waals surface area contributed by atoms with Gasteiger partial charge in [0.05, 0.1) is 32.9 Å². The number of methoxy groups -OCH3 is 1. The molecule has 0 aliphatic carbocycles. The Labute approximate surface area is 164 Å². The Morgan fingerprint density at radius 1 is 1.25 bits per heavy atom. The molecule has 0 aromatic heterocycles. The molecule has 3 rings (SSSR count). The Kier molecular flexibility index (Phi) is 6.60. The number of nitrogens with one attached hydrogen (secondary N) is 1. The lowest BCUT2D eigenvalue weighted by Crippen LogP contribution is -2.38. The first-order valence-corrected chi connectivity index (χ1v) is 9.34. The molecule has 7 nitrogen and oxygen atoms in total. The third-order valence-corrected chi connectivity index (χ3v) is 4.62. The SMILES string of the molecule is CCOc1c(CNc2ccc(N3CCOCC3)c(C(=O)[O-])c2)cccc1OC. The van der Waals surface area contributed by atoms with E-state index >= 15 is 0 Å². The van der Waals surface area contributed by atoms with Crippen molar-refractivity contribution in [2.45, 2.75) is 13.5 Å². The Hall–Kier alpha value is -2.93. The molecule has 0 spiro atoms. The maximum atomic E-state index is 11.7. The van der Waals surface area contributed by atoms with Gasteiger partial charge in [-0.2, -0.15) is 0 Å². The van der Waals surface area contributed by atoms with Gasteiger partial charge in [-0.3, -0.25) is 0 Å². The Bertz CT molecular complexity index is 818. The van der Waals surface area contributed by atoms with Gasteiger partial charge in [0, 0.05) is 42.1 Å². The number of carbonyl (C=O) groups excluding carboxylic acids is 1. The second-order valence-corrected chi connectivity index (χ2v) is 6.35. The molecule has 0 radical (unpaired) electrons. The van der Waals surface area contributed by atoms with Crippen molar-refractivity contribution in [1.82, 2.24) is 0 Å². The average molecular weight is 385 g/mol. The van der Waals surface area contributed by atoms with Crippen molar-refractivity contribution in [2.75, 3.05) is 50.2 Å². The molecule has 1 aliphatic rings. The van der Waals surface area contributed by atoms with Gasteiger partial charge in [-0.25, -0.2) is 0 Å². The summed E-state index contributed by atoms with van der Waals surface area (Å²) in [4.78, 5) is 13.7. The van der Waals surface area contributed by atoms with Crippen LogP contribution in [0.3, 0.4) is 0 Å². The van der Waals surface area contributed by atoms with E-state index < -0.39 is 5.97 Å². The van der Waals surface area contributed by atoms with E-state index in [1.165, 1.54) is 0 Å². The number of ether oxygens (including phenoxy) is 3. The normalized spacial score (nSPS) is 13.9. The first kappa shape index (κ1) is 19.8. The molecule has 2 aromatic rings. The number of aromatic carboxylic acids is 1. The number of hydrogen-bond acceptors (Lipinski definition) is 7. The molecule has 1 heterocycles. The predicted molar refractivity (Wildman–Crippen MR) is 105 cm³/mol. The molecule has 28 heavy (non-hydrogen) atoms. The summed E-state index contributed by atoms with van der Waals surface area (Å²) in [6, 6.07) is 11.0. The highest BCUT2D eigenvalue weighted by atomic mass is 16.5. The van der Waals surface area contributed by atoms with E-state index in [4.69, 9.17) is 14.2 Å². The summed E-state index contributed by atoms with van der Waals surface area (Å²) >= 11 is 0. The summed E-state index contributed by atoms with van der Waals surface area (Å²) in [7, 11) is 1.60. The molecule has 2 aromatic carbocycles. The molecule has 0 bridgehead atoms. The zero-order valence-corrected chi connectivity index (χ0v) is 16.2. The van der Waals surface area contributed by atoms with Crippen LogP contribution in [0.4, 0.5) is 11.4 Å². The lowest BCUT2D eigenvalue weighted by molar-refractivity contribution is -0.254. The molecule has 1 saturated heterocycles. The number of nitrogens with zero attached hydrogens (tertiary/aromatic N) is 1. The van der Waals surface area contributed by atoms with Gasteiger partial charge < -0.3 is 34.3 Å². The Balaban J connectivity index is 1.80. The second kappa shape index (κ2) is 9.32. The van der Waals surface area contributed by atoms with Crippen LogP contribution >= 0.6 is 0 Å². The number of carboxylic acids is 1. The number of anilines is 2. The fourth-order valence-corrected chi connectivity index (χ4v) is 3.26. The molecule has 150 valence electrons. The number of carboxylic acid groups (broad SMARTS) is 1. The van der Waals surface area contributed by atoms with Crippen molar-refractivity contribution < 1.29 is 24.1 Å². The van der Waals surface area contributed by atoms with Crippen molar-refractivity contribution in [3.05, 3.63) is 47.5 Å². The molecule has 7 heteroatoms. The summed E-state index contributed by atoms with van der Waals surface area (Å²) in [6.07, 6.45) is 0. The standard InChI is InChI=1S/C21H26N2O5/c1-3-28-20-15(5-4-6-19(20)26-2)14-22-16-7-8-18(17(13-16)21(24)25)23-9-11-27-12-10-23/h4-8,13,22H,3,9-12,14H2,1-2H3,(H,24,25)/p-1. The fraction of sp³-hybridized carbons (Fsp3) is 0.381. The zero-order valence-electron chi connectivity index (χ0n) is 16.2. The van der Waals surface area contributed by atoms with Crippen LogP contribution in [0.1, 0.15) is 22.8 Å². The molecule has 0 saturated carbocycles. The highest BCUT2D eigenvalue weighted by molar-refractivity contribution is 5.94. The zero-order chi connectivity index (χ0) is 19.9. The molecule has 0 unspecified atom stereocenters. The summed E-state index contributed by atoms with van der Waals surface area (Å²) in [5.41, 5.74) is 2.45. The molecule has 1 fully saturated rings. The van der Waals surface area contributed by atoms with Gasteiger partial charge in [-0.15, -0.1) is 0 Å². The smallest absolute Gasteiger partial charge is 0.166 e. The van der Waals surface area contributed by atoms with E-state index in [0.29, 0.717) is 62.3 Å². The summed E-state index contributed by atoms with van der Waals surface area (Å²) in [5.74, 6) is 0.158. The monoisotopic (exact) mass is 385 g/mol. The molecule has 1 aliphatic heterocycles. The van der Waals surface area contributed by atoms with E-state index in [1.807, 2.05) is 42.2 Å². The number of para-hydroxylation sites is 1. The minimum Gasteiger partial charge on any atom is -0.545 e. The van der Waals surface area contributed by atoms with Crippen molar-refractivity contribution >= 4 is 17.3 Å². The molecular formula is C21H25N2O5-. The van der Waals surface area contributed by atoms with E-state index in [1.54, 1.807) is 13.2 Å². The van der Waals surface area contributed by atoms with Crippen LogP contribution in [-0.4, -0.2) is 46.0 Å². The second-order valence-electron chi connectivity index (χ2n) is 6.35. The van der Waals surface area contributed by atoms with Crippen molar-refractivity contribution in [3.63, 3.8) is 0 Å². The third kappa shape index (κ3) is 4.48. The number of rotatable bonds is 8. The van der Waals surface area contributed by atoms with Gasteiger partial charge >= 0.3 is 0 Å². The largest absolute Gasteiger partial charge is 0.545 e. The molecule has 0 atom stereocenters. The van der Waals surface area contributed by atoms with Crippen LogP contribution < -0.4 is 24.8 Å². The highest BCUT2D eigenvalue weighted by Crippen LogP contribution is 2.32. The lowest BCUT2D eigenvalue weighted by atomic mass is 10.1. The van der Waals surface area contributed by atoms with E-state index in [2.05, 4.69) is 5.32 Å². The highest BCUT2D eigenvalue weighted by Gasteiger charge is 2.16. The number of hydrogen-bond donors (Lipinski definition) is 1. The van der Waals surface area contributed by atoms with Gasteiger partial charge in [0.1, 0.15) is 0 Å². The van der Waals surface area contributed by atoms with Crippen LogP contribution in [0.5, 0.6) is 11.5 Å². The lowest BCUT2D eigenvalue weighted by Gasteiger charge is -2.31. The third-order valence-electron chi connectivity index (χ3n) is 4.62. The van der Waals surface area contributed by atoms with Crippen molar-refractivity contribution in [2.24, 2.45) is 0 Å². The van der Waals surface area contributed by atoms with E-state index in [-0.39, 0.29) is 5.56 Å². The Morgan fingerprint density at radius 2 is 2.04 bits per heavy atom. The van der Waals surface area contributed by atoms with Crippen LogP contribution in [0.25, 0.3) is 0 Å².